The van der Waals surface area contributed by atoms with Crippen LogP contribution in [0.15, 0.2) is 47.3 Å². The summed E-state index contributed by atoms with van der Waals surface area (Å²) in [4.78, 5) is 21.9. The van der Waals surface area contributed by atoms with E-state index in [9.17, 15) is 4.79 Å². The first-order chi connectivity index (χ1) is 14.0. The molecule has 0 saturated carbocycles. The molecule has 0 unspecified atom stereocenters. The Morgan fingerprint density at radius 3 is 2.38 bits per heavy atom. The zero-order valence-electron chi connectivity index (χ0n) is 16.5. The zero-order chi connectivity index (χ0) is 20.5. The largest absolute Gasteiger partial charge is 0.369 e. The van der Waals surface area contributed by atoms with Crippen molar-refractivity contribution in [3.63, 3.8) is 0 Å². The van der Waals surface area contributed by atoms with Gasteiger partial charge in [0.15, 0.2) is 5.65 Å². The maximum Gasteiger partial charge on any atom is 0.354 e. The lowest BCUT2D eigenvalue weighted by atomic mass is 9.99. The van der Waals surface area contributed by atoms with E-state index in [-0.39, 0.29) is 18.2 Å². The molecule has 4 aromatic rings. The molecule has 0 aliphatic heterocycles. The number of nitrogens with zero attached hydrogens (tertiary/aromatic N) is 5. The van der Waals surface area contributed by atoms with Crippen LogP contribution in [0, 0.1) is 25.7 Å². The average molecular weight is 384 g/mol. The Morgan fingerprint density at radius 2 is 1.72 bits per heavy atom. The Labute approximate surface area is 167 Å². The fourth-order valence-electron chi connectivity index (χ4n) is 3.41. The monoisotopic (exact) mass is 384 g/mol. The molecule has 0 aliphatic carbocycles. The molecule has 1 aromatic carbocycles. The van der Waals surface area contributed by atoms with Crippen LogP contribution in [-0.4, -0.2) is 24.1 Å². The molecule has 7 nitrogen and oxygen atoms in total. The highest BCUT2D eigenvalue weighted by atomic mass is 16.2. The van der Waals surface area contributed by atoms with Gasteiger partial charge >= 0.3 is 5.69 Å². The number of hydrogen-bond donors (Lipinski definition) is 1. The van der Waals surface area contributed by atoms with E-state index in [1.165, 1.54) is 9.08 Å². The molecule has 0 amide bonds. The standard InChI is InChI=1S/C22H20N6O/c1-4-5-11-27-22(29)28-20(26-27)18(17-12-14(2)24-15(3)13-17)19(25-21(28)23)16-9-7-6-8-10-16/h6-10,12-13H,11H2,1-3H3,(H2,23,25). The number of anilines is 1. The molecule has 29 heavy (non-hydrogen) atoms. The summed E-state index contributed by atoms with van der Waals surface area (Å²) in [5, 5.41) is 4.56. The van der Waals surface area contributed by atoms with Gasteiger partial charge in [-0.05, 0) is 38.5 Å². The number of aromatic nitrogens is 5. The van der Waals surface area contributed by atoms with E-state index in [1.807, 2.05) is 56.3 Å². The van der Waals surface area contributed by atoms with Crippen LogP contribution in [0.2, 0.25) is 0 Å². The Morgan fingerprint density at radius 1 is 1.03 bits per heavy atom. The van der Waals surface area contributed by atoms with Gasteiger partial charge in [0, 0.05) is 17.0 Å². The van der Waals surface area contributed by atoms with Crippen molar-refractivity contribution in [2.45, 2.75) is 27.3 Å². The second-order valence-corrected chi connectivity index (χ2v) is 6.72. The average Bonchev–Trinajstić information content (AvgIpc) is 3.03. The van der Waals surface area contributed by atoms with Gasteiger partial charge in [0.25, 0.3) is 0 Å². The minimum absolute atomic E-state index is 0.0887. The van der Waals surface area contributed by atoms with Gasteiger partial charge < -0.3 is 5.73 Å². The van der Waals surface area contributed by atoms with E-state index < -0.39 is 0 Å². The van der Waals surface area contributed by atoms with Crippen molar-refractivity contribution in [3.8, 4) is 34.2 Å². The lowest BCUT2D eigenvalue weighted by Crippen LogP contribution is -2.23. The summed E-state index contributed by atoms with van der Waals surface area (Å²) in [6.07, 6.45) is 0. The Kier molecular flexibility index (Phi) is 4.61. The molecule has 3 heterocycles. The lowest BCUT2D eigenvalue weighted by Gasteiger charge is -2.13. The molecule has 4 rings (SSSR count). The fourth-order valence-corrected chi connectivity index (χ4v) is 3.41. The van der Waals surface area contributed by atoms with E-state index in [2.05, 4.69) is 26.9 Å². The Balaban J connectivity index is 2.14. The van der Waals surface area contributed by atoms with Crippen LogP contribution in [0.3, 0.4) is 0 Å². The highest BCUT2D eigenvalue weighted by Gasteiger charge is 2.21. The SMILES string of the molecule is CC#CCn1nc2c(-c3cc(C)nc(C)c3)c(-c3ccccc3)nc(N)n2c1=O. The molecule has 0 fully saturated rings. The van der Waals surface area contributed by atoms with E-state index in [4.69, 9.17) is 5.73 Å². The summed E-state index contributed by atoms with van der Waals surface area (Å²) >= 11 is 0. The van der Waals surface area contributed by atoms with Crippen molar-refractivity contribution in [1.29, 1.82) is 0 Å². The zero-order valence-corrected chi connectivity index (χ0v) is 16.5. The van der Waals surface area contributed by atoms with E-state index in [0.717, 1.165) is 28.1 Å². The number of nitrogen functional groups attached to an aromatic ring is 1. The molecule has 2 N–H and O–H groups in total. The predicted octanol–water partition coefficient (Wildman–Crippen LogP) is 2.84. The third-order valence-electron chi connectivity index (χ3n) is 4.58. The molecule has 7 heteroatoms. The number of aryl methyl sites for hydroxylation is 2. The van der Waals surface area contributed by atoms with Crippen LogP contribution in [0.4, 0.5) is 5.95 Å². The van der Waals surface area contributed by atoms with Crippen LogP contribution in [0.5, 0.6) is 0 Å². The molecule has 0 atom stereocenters. The first-order valence-corrected chi connectivity index (χ1v) is 9.19. The normalized spacial score (nSPS) is 10.7. The molecule has 0 radical (unpaired) electrons. The van der Waals surface area contributed by atoms with Gasteiger partial charge in [-0.3, -0.25) is 4.98 Å². The second-order valence-electron chi connectivity index (χ2n) is 6.72. The number of fused-ring (bicyclic) bond motifs is 1. The second kappa shape index (κ2) is 7.24. The number of benzene rings is 1. The van der Waals surface area contributed by atoms with E-state index in [0.29, 0.717) is 11.3 Å². The van der Waals surface area contributed by atoms with Gasteiger partial charge in [0.1, 0.15) is 6.54 Å². The summed E-state index contributed by atoms with van der Waals surface area (Å²) in [5.74, 6) is 5.75. The summed E-state index contributed by atoms with van der Waals surface area (Å²) in [7, 11) is 0. The molecule has 0 saturated heterocycles. The third kappa shape index (κ3) is 3.25. The third-order valence-corrected chi connectivity index (χ3v) is 4.58. The number of rotatable bonds is 3. The van der Waals surface area contributed by atoms with Crippen molar-refractivity contribution >= 4 is 11.6 Å². The number of pyridine rings is 1. The van der Waals surface area contributed by atoms with E-state index in [1.54, 1.807) is 6.92 Å². The summed E-state index contributed by atoms with van der Waals surface area (Å²) in [6.45, 7) is 5.77. The molecular weight excluding hydrogens is 364 g/mol. The minimum atomic E-state index is -0.365. The molecule has 144 valence electrons. The highest BCUT2D eigenvalue weighted by molar-refractivity contribution is 5.90. The first kappa shape index (κ1) is 18.4. The lowest BCUT2D eigenvalue weighted by molar-refractivity contribution is 0.684. The van der Waals surface area contributed by atoms with Crippen molar-refractivity contribution in [2.24, 2.45) is 0 Å². The molecular formula is C22H20N6O. The van der Waals surface area contributed by atoms with Gasteiger partial charge in [-0.25, -0.2) is 18.9 Å². The van der Waals surface area contributed by atoms with Crippen LogP contribution in [-0.2, 0) is 6.54 Å². The molecule has 0 aliphatic rings. The summed E-state index contributed by atoms with van der Waals surface area (Å²) in [5.41, 5.74) is 11.2. The molecule has 3 aromatic heterocycles. The summed E-state index contributed by atoms with van der Waals surface area (Å²) in [6, 6.07) is 13.6. The quantitative estimate of drug-likeness (QED) is 0.549. The highest BCUT2D eigenvalue weighted by Crippen LogP contribution is 2.34. The van der Waals surface area contributed by atoms with Gasteiger partial charge in [0.2, 0.25) is 5.95 Å². The van der Waals surface area contributed by atoms with Crippen molar-refractivity contribution in [2.75, 3.05) is 5.73 Å². The molecule has 0 bridgehead atoms. The topological polar surface area (TPSA) is 91.1 Å². The smallest absolute Gasteiger partial charge is 0.354 e. The van der Waals surface area contributed by atoms with Crippen molar-refractivity contribution in [3.05, 3.63) is 64.3 Å². The fraction of sp³-hybridized carbons (Fsp3) is 0.182. The van der Waals surface area contributed by atoms with Crippen molar-refractivity contribution < 1.29 is 0 Å². The predicted molar refractivity (Wildman–Crippen MR) is 113 cm³/mol. The Hall–Kier alpha value is -3.92. The van der Waals surface area contributed by atoms with Gasteiger partial charge in [-0.15, -0.1) is 11.0 Å². The van der Waals surface area contributed by atoms with Crippen molar-refractivity contribution in [1.82, 2.24) is 24.1 Å². The maximum atomic E-state index is 12.9. The molecule has 0 spiro atoms. The van der Waals surface area contributed by atoms with Gasteiger partial charge in [-0.1, -0.05) is 36.3 Å². The van der Waals surface area contributed by atoms with Gasteiger partial charge in [0.05, 0.1) is 11.3 Å². The number of nitrogens with two attached hydrogens (primary N) is 1. The summed E-state index contributed by atoms with van der Waals surface area (Å²) < 4.78 is 2.65. The minimum Gasteiger partial charge on any atom is -0.369 e. The van der Waals surface area contributed by atoms with Crippen LogP contribution in [0.1, 0.15) is 18.3 Å². The van der Waals surface area contributed by atoms with Gasteiger partial charge in [-0.2, -0.15) is 0 Å². The number of hydrogen-bond acceptors (Lipinski definition) is 5. The Bertz CT molecular complexity index is 1320. The van der Waals surface area contributed by atoms with E-state index >= 15 is 0 Å². The van der Waals surface area contributed by atoms with Crippen LogP contribution in [0.25, 0.3) is 28.0 Å². The van der Waals surface area contributed by atoms with Crippen LogP contribution >= 0.6 is 0 Å². The maximum absolute atomic E-state index is 12.9. The first-order valence-electron chi connectivity index (χ1n) is 9.19. The van der Waals surface area contributed by atoms with Crippen LogP contribution < -0.4 is 11.4 Å².